The molecule has 9 rings (SSSR count). The van der Waals surface area contributed by atoms with E-state index in [0.717, 1.165) is 55.6 Å². The van der Waals surface area contributed by atoms with Gasteiger partial charge in [0.25, 0.3) is 0 Å². The average Bonchev–Trinajstić information content (AvgIpc) is 3.80. The van der Waals surface area contributed by atoms with Gasteiger partial charge in [-0.3, -0.25) is 0 Å². The van der Waals surface area contributed by atoms with E-state index < -0.39 is 13.3 Å². The molecule has 0 amide bonds. The van der Waals surface area contributed by atoms with Gasteiger partial charge in [-0.05, 0) is 17.8 Å². The van der Waals surface area contributed by atoms with Crippen molar-refractivity contribution in [2.45, 2.75) is 56.8 Å². The first-order chi connectivity index (χ1) is 27.1. The van der Waals surface area contributed by atoms with Gasteiger partial charge in [-0.25, -0.2) is 0 Å². The molecular formula is C51H47GeIrN3O-2. The molecule has 0 aliphatic rings. The van der Waals surface area contributed by atoms with E-state index in [1.54, 1.807) is 6.20 Å². The molecule has 1 radical (unpaired) electrons. The van der Waals surface area contributed by atoms with Gasteiger partial charge in [0, 0.05) is 31.7 Å². The first kappa shape index (κ1) is 40.1. The summed E-state index contributed by atoms with van der Waals surface area (Å²) >= 11 is -1.90. The first-order valence-electron chi connectivity index (χ1n) is 19.6. The number of furan rings is 1. The summed E-state index contributed by atoms with van der Waals surface area (Å²) in [4.78, 5) is 9.49. The molecule has 0 saturated carbocycles. The molecule has 57 heavy (non-hydrogen) atoms. The van der Waals surface area contributed by atoms with Crippen molar-refractivity contribution < 1.29 is 24.5 Å². The second-order valence-corrected chi connectivity index (χ2v) is 26.7. The van der Waals surface area contributed by atoms with E-state index >= 15 is 0 Å². The largest absolute Gasteiger partial charge is 0.305 e. The van der Waals surface area contributed by atoms with Crippen molar-refractivity contribution in [2.75, 3.05) is 0 Å². The van der Waals surface area contributed by atoms with Crippen molar-refractivity contribution in [1.29, 1.82) is 0 Å². The van der Waals surface area contributed by atoms with Crippen LogP contribution in [0.25, 0.3) is 72.4 Å². The molecule has 0 bridgehead atoms. The maximum atomic E-state index is 6.51. The summed E-state index contributed by atoms with van der Waals surface area (Å²) in [5, 5.41) is 2.19. The Morgan fingerprint density at radius 1 is 0.649 bits per heavy atom. The summed E-state index contributed by atoms with van der Waals surface area (Å²) in [6.07, 6.45) is 1.79. The molecule has 0 N–H and O–H groups in total. The van der Waals surface area contributed by atoms with E-state index in [9.17, 15) is 0 Å². The predicted octanol–water partition coefficient (Wildman–Crippen LogP) is 13.4. The molecule has 9 aromatic rings. The molecule has 6 heteroatoms. The van der Waals surface area contributed by atoms with Crippen LogP contribution in [0, 0.1) is 12.1 Å². The summed E-state index contributed by atoms with van der Waals surface area (Å²) in [5.41, 5.74) is 13.0. The molecule has 0 aliphatic heterocycles. The maximum Gasteiger partial charge on any atom is 0.0160 e. The van der Waals surface area contributed by atoms with E-state index in [0.29, 0.717) is 11.8 Å². The Kier molecular flexibility index (Phi) is 11.8. The topological polar surface area (TPSA) is 43.9 Å². The van der Waals surface area contributed by atoms with E-state index in [2.05, 4.69) is 146 Å². The first-order valence-corrected chi connectivity index (χ1v) is 26.9. The second-order valence-electron chi connectivity index (χ2n) is 16.1. The standard InChI is InChI=1S/C40H39GeN2O.C11H8N.Ir/c1-25(2)33-23-28(27-19-21-29(22-20-27)41(5,6)7)24-34(26(3)4)38(33)43-36-17-10-9-16-35(36)42-40(43)32-15-12-14-31-30-13-8-11-18-37(30)44-39(31)32;1-2-6-10(7-3-1)11-8-4-5-9-12-11;/h8-14,16-26H,1-7H3;1-6,8-9H;/q2*-1;. The molecule has 3 heterocycles. The van der Waals surface area contributed by atoms with Gasteiger partial charge < -0.3 is 9.40 Å². The number of hydrogen-bond donors (Lipinski definition) is 0. The van der Waals surface area contributed by atoms with Gasteiger partial charge in [-0.15, -0.1) is 48.0 Å². The third-order valence-electron chi connectivity index (χ3n) is 10.5. The number of aromatic nitrogens is 3. The Morgan fingerprint density at radius 3 is 2.00 bits per heavy atom. The van der Waals surface area contributed by atoms with Gasteiger partial charge in [0.1, 0.15) is 5.58 Å². The van der Waals surface area contributed by atoms with Crippen molar-refractivity contribution in [3.8, 4) is 39.5 Å². The Morgan fingerprint density at radius 2 is 1.33 bits per heavy atom. The number of fused-ring (bicyclic) bond motifs is 4. The molecule has 0 atom stereocenters. The molecule has 0 unspecified atom stereocenters. The maximum absolute atomic E-state index is 6.51. The van der Waals surface area contributed by atoms with Crippen LogP contribution in [0.4, 0.5) is 0 Å². The van der Waals surface area contributed by atoms with Crippen molar-refractivity contribution in [1.82, 2.24) is 14.5 Å². The van der Waals surface area contributed by atoms with Crippen LogP contribution in [0.3, 0.4) is 0 Å². The van der Waals surface area contributed by atoms with Gasteiger partial charge in [-0.1, -0.05) is 41.8 Å². The van der Waals surface area contributed by atoms with E-state index in [1.165, 1.54) is 32.3 Å². The fraction of sp³-hybridized carbons (Fsp3) is 0.176. The smallest absolute Gasteiger partial charge is 0.0160 e. The monoisotopic (exact) mass is 984 g/mol. The van der Waals surface area contributed by atoms with Crippen LogP contribution in [0.15, 0.2) is 150 Å². The van der Waals surface area contributed by atoms with Gasteiger partial charge in [-0.2, -0.15) is 0 Å². The van der Waals surface area contributed by atoms with Crippen molar-refractivity contribution in [2.24, 2.45) is 0 Å². The van der Waals surface area contributed by atoms with Crippen LogP contribution in [-0.2, 0) is 20.1 Å². The Labute approximate surface area is 352 Å². The molecule has 287 valence electrons. The SMILES string of the molecule is CC(C)c1cc(-c2cc[c]([Ge]([CH3])([CH3])[CH3])cc2)cc(C(C)C)c1-n1c(-c2[c-]ccc3c2oc2ccccc23)nc2ccccc21.[Ir].[c-]1ccccc1-c1ccccn1. The van der Waals surface area contributed by atoms with Crippen LogP contribution >= 0.6 is 0 Å². The van der Waals surface area contributed by atoms with Crippen LogP contribution in [0.2, 0.25) is 17.3 Å². The molecule has 0 saturated heterocycles. The quantitative estimate of drug-likeness (QED) is 0.118. The molecule has 4 nitrogen and oxygen atoms in total. The summed E-state index contributed by atoms with van der Waals surface area (Å²) in [6, 6.07) is 55.3. The summed E-state index contributed by atoms with van der Waals surface area (Å²) in [6.45, 7) is 9.20. The van der Waals surface area contributed by atoms with Crippen LogP contribution < -0.4 is 4.40 Å². The zero-order chi connectivity index (χ0) is 39.0. The minimum Gasteiger partial charge on any atom is -0.305 e. The molecule has 6 aromatic carbocycles. The average molecular weight is 983 g/mol. The Balaban J connectivity index is 0.000000326. The summed E-state index contributed by atoms with van der Waals surface area (Å²) in [5.74, 6) is 8.81. The normalized spacial score (nSPS) is 11.6. The molecule has 3 aromatic heterocycles. The van der Waals surface area contributed by atoms with Gasteiger partial charge >= 0.3 is 201 Å². The number of imidazole rings is 1. The van der Waals surface area contributed by atoms with Crippen LogP contribution in [0.5, 0.6) is 0 Å². The molecule has 0 aliphatic carbocycles. The molecule has 0 spiro atoms. The zero-order valence-electron chi connectivity index (χ0n) is 33.6. The van der Waals surface area contributed by atoms with Crippen LogP contribution in [0.1, 0.15) is 50.7 Å². The van der Waals surface area contributed by atoms with Gasteiger partial charge in [0.15, 0.2) is 0 Å². The molecule has 0 fully saturated rings. The number of rotatable bonds is 7. The minimum atomic E-state index is -1.90. The second kappa shape index (κ2) is 16.8. The predicted molar refractivity (Wildman–Crippen MR) is 238 cm³/mol. The molecular weight excluding hydrogens is 935 g/mol. The number of para-hydroxylation sites is 3. The van der Waals surface area contributed by atoms with Crippen molar-refractivity contribution >= 4 is 50.6 Å². The van der Waals surface area contributed by atoms with Crippen LogP contribution in [-0.4, -0.2) is 27.8 Å². The number of nitrogens with zero attached hydrogens (tertiary/aromatic N) is 3. The Bertz CT molecular complexity index is 2710. The van der Waals surface area contributed by atoms with E-state index in [1.807, 2.05) is 60.7 Å². The van der Waals surface area contributed by atoms with Gasteiger partial charge in [0.2, 0.25) is 0 Å². The minimum absolute atomic E-state index is 0. The third-order valence-corrected chi connectivity index (χ3v) is 14.8. The Hall–Kier alpha value is -5.07. The third kappa shape index (κ3) is 8.07. The number of benzene rings is 6. The van der Waals surface area contributed by atoms with Crippen molar-refractivity contribution in [3.05, 3.63) is 169 Å². The van der Waals surface area contributed by atoms with Crippen molar-refractivity contribution in [3.63, 3.8) is 0 Å². The fourth-order valence-electron chi connectivity index (χ4n) is 7.50. The van der Waals surface area contributed by atoms with Gasteiger partial charge in [0.05, 0.1) is 0 Å². The van der Waals surface area contributed by atoms with E-state index in [4.69, 9.17) is 9.40 Å². The fourth-order valence-corrected chi connectivity index (χ4v) is 9.95. The summed E-state index contributed by atoms with van der Waals surface area (Å²) in [7, 11) is 0. The summed E-state index contributed by atoms with van der Waals surface area (Å²) < 4.78 is 10.4. The van der Waals surface area contributed by atoms with E-state index in [-0.39, 0.29) is 20.1 Å². The number of hydrogen-bond acceptors (Lipinski definition) is 3. The zero-order valence-corrected chi connectivity index (χ0v) is 38.1. The number of pyridine rings is 1.